The van der Waals surface area contributed by atoms with Crippen molar-refractivity contribution in [3.8, 4) is 0 Å². The molecule has 35 valence electrons. The van der Waals surface area contributed by atoms with Gasteiger partial charge in [0.2, 0.25) is 5.95 Å². The summed E-state index contributed by atoms with van der Waals surface area (Å²) in [6.07, 6.45) is 3.76. The number of rotatable bonds is 0. The quantitative estimate of drug-likeness (QED) is 0.460. The Morgan fingerprint density at radius 1 is 1.71 bits per heavy atom. The largest absolute Gasteiger partial charge is 0.366 e. The van der Waals surface area contributed by atoms with Gasteiger partial charge in [-0.1, -0.05) is 0 Å². The monoisotopic (exact) mass is 95.0 g/mol. The minimum absolute atomic E-state index is 0.155. The number of hydrogen-bond acceptors (Lipinski definition) is 4. The van der Waals surface area contributed by atoms with Gasteiger partial charge in [-0.3, -0.25) is 0 Å². The average molecular weight is 95.1 g/mol. The third-order valence-corrected chi connectivity index (χ3v) is 0.455. The lowest BCUT2D eigenvalue weighted by Gasteiger charge is -1.79. The molecule has 0 aromatic carbocycles. The maximum Gasteiger partial charge on any atom is 0.240 e. The molecule has 1 heterocycles. The molecule has 0 unspecified atom stereocenters. The SMILES string of the molecule is Nc1n[c]cnn1. The van der Waals surface area contributed by atoms with Crippen molar-refractivity contribution >= 4 is 5.95 Å². The molecule has 1 aromatic rings. The van der Waals surface area contributed by atoms with Crippen LogP contribution >= 0.6 is 0 Å². The van der Waals surface area contributed by atoms with E-state index in [4.69, 9.17) is 5.73 Å². The number of aromatic nitrogens is 3. The van der Waals surface area contributed by atoms with Crippen LogP contribution in [0, 0.1) is 6.20 Å². The Bertz CT molecular complexity index is 137. The predicted molar refractivity (Wildman–Crippen MR) is 23.1 cm³/mol. The molecule has 0 aliphatic heterocycles. The molecule has 0 fully saturated rings. The highest BCUT2D eigenvalue weighted by atomic mass is 15.2. The summed E-state index contributed by atoms with van der Waals surface area (Å²) in [5.41, 5.74) is 5.04. The fourth-order valence-electron chi connectivity index (χ4n) is 0.231. The average Bonchev–Trinajstić information content (AvgIpc) is 1.69. The van der Waals surface area contributed by atoms with Gasteiger partial charge in [-0.25, -0.2) is 4.98 Å². The molecule has 0 aliphatic carbocycles. The van der Waals surface area contributed by atoms with E-state index in [1.54, 1.807) is 0 Å². The van der Waals surface area contributed by atoms with Crippen LogP contribution in [0.1, 0.15) is 0 Å². The topological polar surface area (TPSA) is 64.7 Å². The number of hydrogen-bond donors (Lipinski definition) is 1. The van der Waals surface area contributed by atoms with E-state index >= 15 is 0 Å². The Hall–Kier alpha value is -1.19. The van der Waals surface area contributed by atoms with Gasteiger partial charge in [-0.15, -0.1) is 5.10 Å². The first-order chi connectivity index (χ1) is 3.39. The summed E-state index contributed by atoms with van der Waals surface area (Å²) in [7, 11) is 0. The molecule has 0 aliphatic rings. The lowest BCUT2D eigenvalue weighted by molar-refractivity contribution is 0.981. The molecular formula is C3H3N4. The molecule has 0 amide bonds. The van der Waals surface area contributed by atoms with Crippen molar-refractivity contribution in [1.82, 2.24) is 15.2 Å². The fraction of sp³-hybridized carbons (Fsp3) is 0. The number of nitrogens with zero attached hydrogens (tertiary/aromatic N) is 3. The smallest absolute Gasteiger partial charge is 0.240 e. The minimum Gasteiger partial charge on any atom is -0.366 e. The van der Waals surface area contributed by atoms with Crippen molar-refractivity contribution in [2.75, 3.05) is 5.73 Å². The van der Waals surface area contributed by atoms with E-state index in [1.165, 1.54) is 6.20 Å². The van der Waals surface area contributed by atoms with Crippen LogP contribution in [-0.2, 0) is 0 Å². The van der Waals surface area contributed by atoms with Crippen molar-refractivity contribution in [2.24, 2.45) is 0 Å². The highest BCUT2D eigenvalue weighted by Gasteiger charge is 1.77. The zero-order valence-corrected chi connectivity index (χ0v) is 3.50. The second-order valence-corrected chi connectivity index (χ2v) is 0.944. The van der Waals surface area contributed by atoms with Gasteiger partial charge in [0.1, 0.15) is 6.20 Å². The molecule has 1 radical (unpaired) electrons. The maximum atomic E-state index is 5.04. The lowest BCUT2D eigenvalue weighted by Crippen LogP contribution is -1.93. The summed E-state index contributed by atoms with van der Waals surface area (Å²) in [5, 5.41) is 6.76. The van der Waals surface area contributed by atoms with E-state index in [1.807, 2.05) is 0 Å². The van der Waals surface area contributed by atoms with Gasteiger partial charge in [-0.2, -0.15) is 5.10 Å². The third-order valence-electron chi connectivity index (χ3n) is 0.455. The van der Waals surface area contributed by atoms with Gasteiger partial charge in [0.25, 0.3) is 0 Å². The van der Waals surface area contributed by atoms with Gasteiger partial charge >= 0.3 is 0 Å². The van der Waals surface area contributed by atoms with Gasteiger partial charge in [-0.05, 0) is 0 Å². The van der Waals surface area contributed by atoms with Gasteiger partial charge in [0.05, 0.1) is 6.20 Å². The Kier molecular flexibility index (Phi) is 0.856. The number of anilines is 1. The standard InChI is InChI=1S/C3H3N4/c4-3-5-1-2-6-7-3/h2H,(H2,4,5,7). The van der Waals surface area contributed by atoms with Crippen LogP contribution < -0.4 is 5.73 Å². The summed E-state index contributed by atoms with van der Waals surface area (Å²) < 4.78 is 0. The molecule has 0 atom stereocenters. The summed E-state index contributed by atoms with van der Waals surface area (Å²) in [6.45, 7) is 0. The number of nitrogens with two attached hydrogens (primary N) is 1. The normalized spacial score (nSPS) is 8.57. The molecule has 0 spiro atoms. The first-order valence-corrected chi connectivity index (χ1v) is 1.71. The molecule has 0 bridgehead atoms. The Balaban J connectivity index is 3.02. The fourth-order valence-corrected chi connectivity index (χ4v) is 0.231. The van der Waals surface area contributed by atoms with E-state index in [0.29, 0.717) is 0 Å². The molecule has 2 N–H and O–H groups in total. The molecule has 1 rings (SSSR count). The molecule has 1 aromatic heterocycles. The van der Waals surface area contributed by atoms with Crippen LogP contribution in [0.5, 0.6) is 0 Å². The Morgan fingerprint density at radius 2 is 2.57 bits per heavy atom. The Labute approximate surface area is 40.4 Å². The first kappa shape index (κ1) is 3.98. The summed E-state index contributed by atoms with van der Waals surface area (Å²) >= 11 is 0. The predicted octanol–water partition coefficient (Wildman–Crippen LogP) is -0.746. The molecular weight excluding hydrogens is 92.1 g/mol. The van der Waals surface area contributed by atoms with Crippen molar-refractivity contribution in [3.63, 3.8) is 0 Å². The van der Waals surface area contributed by atoms with Crippen LogP contribution in [0.4, 0.5) is 5.95 Å². The molecule has 4 heteroatoms. The minimum atomic E-state index is 0.155. The van der Waals surface area contributed by atoms with Crippen LogP contribution in [-0.4, -0.2) is 15.2 Å². The molecule has 4 nitrogen and oxygen atoms in total. The maximum absolute atomic E-state index is 5.04. The van der Waals surface area contributed by atoms with E-state index in [0.717, 1.165) is 0 Å². The van der Waals surface area contributed by atoms with E-state index in [-0.39, 0.29) is 5.95 Å². The van der Waals surface area contributed by atoms with Gasteiger partial charge in [0.15, 0.2) is 0 Å². The van der Waals surface area contributed by atoms with E-state index < -0.39 is 0 Å². The van der Waals surface area contributed by atoms with Crippen molar-refractivity contribution in [3.05, 3.63) is 12.4 Å². The summed E-state index contributed by atoms with van der Waals surface area (Å²) in [4.78, 5) is 3.46. The second-order valence-electron chi connectivity index (χ2n) is 0.944. The van der Waals surface area contributed by atoms with Crippen molar-refractivity contribution in [2.45, 2.75) is 0 Å². The second kappa shape index (κ2) is 1.51. The zero-order chi connectivity index (χ0) is 5.11. The highest BCUT2D eigenvalue weighted by molar-refractivity contribution is 5.07. The van der Waals surface area contributed by atoms with E-state index in [2.05, 4.69) is 21.4 Å². The van der Waals surface area contributed by atoms with Crippen LogP contribution in [0.2, 0.25) is 0 Å². The summed E-state index contributed by atoms with van der Waals surface area (Å²) in [5.74, 6) is 0.155. The van der Waals surface area contributed by atoms with Crippen molar-refractivity contribution in [1.29, 1.82) is 0 Å². The first-order valence-electron chi connectivity index (χ1n) is 1.71. The van der Waals surface area contributed by atoms with Gasteiger partial charge in [0, 0.05) is 0 Å². The zero-order valence-electron chi connectivity index (χ0n) is 3.50. The molecule has 0 saturated heterocycles. The number of nitrogen functional groups attached to an aromatic ring is 1. The lowest BCUT2D eigenvalue weighted by atomic mass is 10.9. The van der Waals surface area contributed by atoms with Crippen LogP contribution in [0.15, 0.2) is 6.20 Å². The summed E-state index contributed by atoms with van der Waals surface area (Å²) in [6, 6.07) is 0. The highest BCUT2D eigenvalue weighted by Crippen LogP contribution is 1.76. The van der Waals surface area contributed by atoms with E-state index in [9.17, 15) is 0 Å². The van der Waals surface area contributed by atoms with Crippen LogP contribution in [0.25, 0.3) is 0 Å². The Morgan fingerprint density at radius 3 is 2.86 bits per heavy atom. The third kappa shape index (κ3) is 0.819. The molecule has 0 saturated carbocycles. The van der Waals surface area contributed by atoms with Crippen molar-refractivity contribution < 1.29 is 0 Å². The van der Waals surface area contributed by atoms with Gasteiger partial charge < -0.3 is 5.73 Å². The van der Waals surface area contributed by atoms with Crippen LogP contribution in [0.3, 0.4) is 0 Å². The molecule has 7 heavy (non-hydrogen) atoms.